The van der Waals surface area contributed by atoms with Crippen LogP contribution in [0.3, 0.4) is 0 Å². The van der Waals surface area contributed by atoms with E-state index in [1.165, 1.54) is 33.4 Å². The van der Waals surface area contributed by atoms with Gasteiger partial charge in [0.25, 0.3) is 0 Å². The van der Waals surface area contributed by atoms with Crippen LogP contribution in [0.15, 0.2) is 36.4 Å². The maximum Gasteiger partial charge on any atom is 0.0715 e. The van der Waals surface area contributed by atoms with Gasteiger partial charge in [0.05, 0.1) is 6.04 Å². The second-order valence-electron chi connectivity index (χ2n) is 5.32. The average Bonchev–Trinajstić information content (AvgIpc) is 2.36. The Hall–Kier alpha value is -1.64. The van der Waals surface area contributed by atoms with E-state index in [0.717, 1.165) is 0 Å². The van der Waals surface area contributed by atoms with Crippen molar-refractivity contribution in [2.24, 2.45) is 5.84 Å². The first-order chi connectivity index (χ1) is 9.02. The minimum Gasteiger partial charge on any atom is -0.271 e. The molecule has 0 aliphatic carbocycles. The summed E-state index contributed by atoms with van der Waals surface area (Å²) in [6.07, 6.45) is 0. The van der Waals surface area contributed by atoms with Crippen LogP contribution >= 0.6 is 0 Å². The van der Waals surface area contributed by atoms with Crippen molar-refractivity contribution < 1.29 is 0 Å². The molecule has 2 aromatic carbocycles. The van der Waals surface area contributed by atoms with E-state index in [4.69, 9.17) is 5.84 Å². The van der Waals surface area contributed by atoms with E-state index in [9.17, 15) is 0 Å². The molecule has 0 fully saturated rings. The van der Waals surface area contributed by atoms with E-state index in [2.05, 4.69) is 69.5 Å². The first-order valence-electron chi connectivity index (χ1n) is 6.63. The Kier molecular flexibility index (Phi) is 4.03. The Morgan fingerprint density at radius 1 is 0.789 bits per heavy atom. The van der Waals surface area contributed by atoms with Crippen LogP contribution in [0.4, 0.5) is 0 Å². The second kappa shape index (κ2) is 5.55. The number of hydrogen-bond acceptors (Lipinski definition) is 2. The molecule has 19 heavy (non-hydrogen) atoms. The van der Waals surface area contributed by atoms with E-state index in [1.807, 2.05) is 0 Å². The summed E-state index contributed by atoms with van der Waals surface area (Å²) in [5.74, 6) is 5.81. The molecule has 0 aromatic heterocycles. The summed E-state index contributed by atoms with van der Waals surface area (Å²) in [7, 11) is 0. The third-order valence-corrected chi connectivity index (χ3v) is 3.65. The predicted octanol–water partition coefficient (Wildman–Crippen LogP) is 3.47. The molecule has 0 spiro atoms. The molecular formula is C17H22N2. The number of hydrazine groups is 1. The van der Waals surface area contributed by atoms with Crippen molar-refractivity contribution in [2.45, 2.75) is 33.7 Å². The van der Waals surface area contributed by atoms with Gasteiger partial charge in [0.2, 0.25) is 0 Å². The summed E-state index contributed by atoms with van der Waals surface area (Å²) >= 11 is 0. The molecule has 0 aliphatic rings. The van der Waals surface area contributed by atoms with Crippen LogP contribution in [0.25, 0.3) is 0 Å². The molecule has 0 saturated heterocycles. The van der Waals surface area contributed by atoms with E-state index in [-0.39, 0.29) is 6.04 Å². The van der Waals surface area contributed by atoms with Crippen LogP contribution in [-0.2, 0) is 0 Å². The summed E-state index contributed by atoms with van der Waals surface area (Å²) in [5.41, 5.74) is 10.5. The fourth-order valence-corrected chi connectivity index (χ4v) is 2.57. The number of benzene rings is 2. The summed E-state index contributed by atoms with van der Waals surface area (Å²) in [5, 5.41) is 0. The van der Waals surface area contributed by atoms with E-state index < -0.39 is 0 Å². The predicted molar refractivity (Wildman–Crippen MR) is 81.0 cm³/mol. The Balaban J connectivity index is 2.52. The first-order valence-corrected chi connectivity index (χ1v) is 6.63. The fourth-order valence-electron chi connectivity index (χ4n) is 2.57. The summed E-state index contributed by atoms with van der Waals surface area (Å²) in [4.78, 5) is 0. The number of nitrogens with one attached hydrogen (secondary N) is 1. The highest BCUT2D eigenvalue weighted by Crippen LogP contribution is 2.27. The number of hydrogen-bond donors (Lipinski definition) is 2. The molecule has 1 atom stereocenters. The molecule has 1 unspecified atom stereocenters. The maximum atomic E-state index is 5.81. The molecule has 100 valence electrons. The van der Waals surface area contributed by atoms with Crippen molar-refractivity contribution in [1.29, 1.82) is 0 Å². The summed E-state index contributed by atoms with van der Waals surface area (Å²) in [6, 6.07) is 13.0. The molecule has 0 aliphatic heterocycles. The van der Waals surface area contributed by atoms with E-state index in [0.29, 0.717) is 0 Å². The lowest BCUT2D eigenvalue weighted by molar-refractivity contribution is 0.630. The summed E-state index contributed by atoms with van der Waals surface area (Å²) in [6.45, 7) is 8.48. The molecule has 0 bridgehead atoms. The van der Waals surface area contributed by atoms with E-state index in [1.54, 1.807) is 0 Å². The lowest BCUT2D eigenvalue weighted by Gasteiger charge is -2.22. The highest BCUT2D eigenvalue weighted by Gasteiger charge is 2.16. The normalized spacial score (nSPS) is 12.5. The van der Waals surface area contributed by atoms with Gasteiger partial charge in [-0.15, -0.1) is 0 Å². The second-order valence-corrected chi connectivity index (χ2v) is 5.32. The lowest BCUT2D eigenvalue weighted by Crippen LogP contribution is -2.30. The third-order valence-electron chi connectivity index (χ3n) is 3.65. The molecule has 2 nitrogen and oxygen atoms in total. The van der Waals surface area contributed by atoms with Gasteiger partial charge in [0, 0.05) is 0 Å². The Bertz CT molecular complexity index is 588. The molecular weight excluding hydrogens is 232 g/mol. The molecule has 0 amide bonds. The molecule has 2 rings (SSSR count). The van der Waals surface area contributed by atoms with Gasteiger partial charge in [0.15, 0.2) is 0 Å². The van der Waals surface area contributed by atoms with Gasteiger partial charge in [0.1, 0.15) is 0 Å². The molecule has 0 saturated carbocycles. The highest BCUT2D eigenvalue weighted by molar-refractivity contribution is 5.42. The van der Waals surface area contributed by atoms with Gasteiger partial charge >= 0.3 is 0 Å². The van der Waals surface area contributed by atoms with Crippen LogP contribution in [0.2, 0.25) is 0 Å². The minimum atomic E-state index is 0.0421. The van der Waals surface area contributed by atoms with Crippen molar-refractivity contribution in [1.82, 2.24) is 5.43 Å². The fraction of sp³-hybridized carbons (Fsp3) is 0.294. The zero-order valence-corrected chi connectivity index (χ0v) is 12.1. The Morgan fingerprint density at radius 2 is 1.42 bits per heavy atom. The topological polar surface area (TPSA) is 38.0 Å². The van der Waals surface area contributed by atoms with Crippen LogP contribution in [-0.4, -0.2) is 0 Å². The summed E-state index contributed by atoms with van der Waals surface area (Å²) < 4.78 is 0. The van der Waals surface area contributed by atoms with Gasteiger partial charge in [-0.3, -0.25) is 5.84 Å². The van der Waals surface area contributed by atoms with Crippen molar-refractivity contribution in [3.63, 3.8) is 0 Å². The van der Waals surface area contributed by atoms with Gasteiger partial charge in [-0.25, -0.2) is 5.43 Å². The molecule has 3 N–H and O–H groups in total. The monoisotopic (exact) mass is 254 g/mol. The maximum absolute atomic E-state index is 5.81. The lowest BCUT2D eigenvalue weighted by atomic mass is 9.91. The SMILES string of the molecule is Cc1ccc(C(NN)c2cc(C)ccc2C)c(C)c1. The van der Waals surface area contributed by atoms with Gasteiger partial charge < -0.3 is 0 Å². The largest absolute Gasteiger partial charge is 0.271 e. The Morgan fingerprint density at radius 3 is 2.05 bits per heavy atom. The molecule has 0 radical (unpaired) electrons. The number of aryl methyl sites for hydroxylation is 4. The van der Waals surface area contributed by atoms with Gasteiger partial charge in [-0.1, -0.05) is 47.5 Å². The van der Waals surface area contributed by atoms with E-state index >= 15 is 0 Å². The van der Waals surface area contributed by atoms with Crippen LogP contribution in [0.1, 0.15) is 39.4 Å². The smallest absolute Gasteiger partial charge is 0.0715 e. The third kappa shape index (κ3) is 2.86. The van der Waals surface area contributed by atoms with Crippen LogP contribution < -0.4 is 11.3 Å². The highest BCUT2D eigenvalue weighted by atomic mass is 15.2. The molecule has 2 aromatic rings. The zero-order chi connectivity index (χ0) is 14.0. The van der Waals surface area contributed by atoms with Crippen molar-refractivity contribution >= 4 is 0 Å². The van der Waals surface area contributed by atoms with Crippen molar-refractivity contribution in [3.8, 4) is 0 Å². The minimum absolute atomic E-state index is 0.0421. The van der Waals surface area contributed by atoms with Gasteiger partial charge in [-0.2, -0.15) is 0 Å². The number of nitrogens with two attached hydrogens (primary N) is 1. The average molecular weight is 254 g/mol. The van der Waals surface area contributed by atoms with Gasteiger partial charge in [-0.05, 0) is 49.9 Å². The molecule has 2 heteroatoms. The van der Waals surface area contributed by atoms with Crippen molar-refractivity contribution in [3.05, 3.63) is 69.8 Å². The van der Waals surface area contributed by atoms with Crippen LogP contribution in [0.5, 0.6) is 0 Å². The standard InChI is InChI=1S/C17H22N2/c1-11-6-8-15(14(4)9-11)17(19-18)16-10-12(2)5-7-13(16)3/h5-10,17,19H,18H2,1-4H3. The zero-order valence-electron chi connectivity index (χ0n) is 12.1. The quantitative estimate of drug-likeness (QED) is 0.650. The number of rotatable bonds is 3. The first kappa shape index (κ1) is 13.8. The Labute approximate surface area is 115 Å². The molecule has 0 heterocycles. The van der Waals surface area contributed by atoms with Crippen LogP contribution in [0, 0.1) is 27.7 Å². The van der Waals surface area contributed by atoms with Crippen molar-refractivity contribution in [2.75, 3.05) is 0 Å².